The van der Waals surface area contributed by atoms with Crippen LogP contribution in [-0.4, -0.2) is 18.1 Å². The van der Waals surface area contributed by atoms with Crippen LogP contribution in [0.4, 0.5) is 10.1 Å². The van der Waals surface area contributed by atoms with Crippen LogP contribution in [0, 0.1) is 5.82 Å². The van der Waals surface area contributed by atoms with Gasteiger partial charge in [0, 0.05) is 36.4 Å². The van der Waals surface area contributed by atoms with Gasteiger partial charge in [0.2, 0.25) is 0 Å². The third-order valence-corrected chi connectivity index (χ3v) is 4.98. The van der Waals surface area contributed by atoms with Crippen LogP contribution in [-0.2, 0) is 17.8 Å². The van der Waals surface area contributed by atoms with Gasteiger partial charge in [-0.1, -0.05) is 54.6 Å². The number of hydrogen-bond acceptors (Lipinski definition) is 3. The molecule has 0 radical (unpaired) electrons. The number of hydrogen-bond donors (Lipinski definition) is 2. The molecule has 150 valence electrons. The molecule has 1 unspecified atom stereocenters. The van der Waals surface area contributed by atoms with Gasteiger partial charge >= 0.3 is 5.97 Å². The lowest BCUT2D eigenvalue weighted by molar-refractivity contribution is -0.136. The van der Waals surface area contributed by atoms with Crippen molar-refractivity contribution in [3.63, 3.8) is 0 Å². The van der Waals surface area contributed by atoms with Gasteiger partial charge in [0.25, 0.3) is 0 Å². The van der Waals surface area contributed by atoms with Gasteiger partial charge in [-0.25, -0.2) is 4.39 Å². The highest BCUT2D eigenvalue weighted by atomic mass is 19.1. The molecule has 0 aliphatic carbocycles. The van der Waals surface area contributed by atoms with Crippen LogP contribution >= 0.6 is 0 Å². The Balaban J connectivity index is 1.89. The van der Waals surface area contributed by atoms with Crippen molar-refractivity contribution in [2.45, 2.75) is 25.9 Å². The number of aliphatic carboxylic acids is 1. The van der Waals surface area contributed by atoms with Crippen molar-refractivity contribution in [3.05, 3.63) is 89.2 Å². The van der Waals surface area contributed by atoms with Crippen LogP contribution in [0.3, 0.4) is 0 Å². The van der Waals surface area contributed by atoms with E-state index in [1.54, 1.807) is 19.1 Å². The molecule has 3 rings (SSSR count). The first-order valence-electron chi connectivity index (χ1n) is 9.51. The van der Waals surface area contributed by atoms with Crippen molar-refractivity contribution in [1.29, 1.82) is 0 Å². The third kappa shape index (κ3) is 4.81. The normalized spacial score (nSPS) is 11.9. The maximum absolute atomic E-state index is 14.9. The van der Waals surface area contributed by atoms with Crippen molar-refractivity contribution < 1.29 is 14.3 Å². The largest absolute Gasteiger partial charge is 0.481 e. The van der Waals surface area contributed by atoms with Gasteiger partial charge in [-0.3, -0.25) is 4.79 Å². The number of carboxylic acids is 1. The third-order valence-electron chi connectivity index (χ3n) is 4.98. The van der Waals surface area contributed by atoms with Crippen molar-refractivity contribution in [2.75, 3.05) is 11.9 Å². The smallest absolute Gasteiger partial charge is 0.307 e. The molecular formula is C24H25FN2O2. The lowest BCUT2D eigenvalue weighted by Gasteiger charge is -2.22. The Morgan fingerprint density at radius 2 is 1.76 bits per heavy atom. The summed E-state index contributed by atoms with van der Waals surface area (Å²) in [7, 11) is 1.94. The number of nitrogens with zero attached hydrogens (tertiary/aromatic N) is 1. The molecule has 0 spiro atoms. The first kappa shape index (κ1) is 20.6. The predicted octanol–water partition coefficient (Wildman–Crippen LogP) is 4.78. The molecule has 29 heavy (non-hydrogen) atoms. The van der Waals surface area contributed by atoms with Crippen LogP contribution in [0.1, 0.15) is 29.7 Å². The van der Waals surface area contributed by atoms with Gasteiger partial charge in [-0.05, 0) is 35.7 Å². The molecule has 4 nitrogen and oxygen atoms in total. The maximum Gasteiger partial charge on any atom is 0.307 e. The van der Waals surface area contributed by atoms with Crippen LogP contribution in [0.5, 0.6) is 0 Å². The minimum atomic E-state index is -0.855. The number of anilines is 1. The van der Waals surface area contributed by atoms with E-state index in [1.807, 2.05) is 66.5 Å². The minimum absolute atomic E-state index is 0.0146. The summed E-state index contributed by atoms with van der Waals surface area (Å²) in [6.07, 6.45) is -0.0146. The second kappa shape index (κ2) is 8.88. The summed E-state index contributed by atoms with van der Waals surface area (Å²) in [5.74, 6) is -1.15. The molecule has 5 heteroatoms. The molecule has 0 saturated carbocycles. The molecule has 0 saturated heterocycles. The van der Waals surface area contributed by atoms with E-state index < -0.39 is 5.97 Å². The van der Waals surface area contributed by atoms with E-state index in [2.05, 4.69) is 0 Å². The van der Waals surface area contributed by atoms with E-state index in [0.717, 1.165) is 22.4 Å². The molecule has 0 aliphatic heterocycles. The fraction of sp³-hybridized carbons (Fsp3) is 0.208. The van der Waals surface area contributed by atoms with Gasteiger partial charge in [0.05, 0.1) is 6.42 Å². The van der Waals surface area contributed by atoms with Crippen molar-refractivity contribution in [1.82, 2.24) is 0 Å². The second-order valence-corrected chi connectivity index (χ2v) is 7.24. The minimum Gasteiger partial charge on any atom is -0.481 e. The summed E-state index contributed by atoms with van der Waals surface area (Å²) in [6.45, 7) is 2.32. The Hall–Kier alpha value is -3.18. The van der Waals surface area contributed by atoms with Crippen molar-refractivity contribution in [3.8, 4) is 11.1 Å². The number of carbonyl (C=O) groups is 1. The zero-order valence-corrected chi connectivity index (χ0v) is 16.6. The Morgan fingerprint density at radius 1 is 1.07 bits per heavy atom. The molecule has 0 amide bonds. The SMILES string of the molecule is CC(N)c1cccc(-c2cccc(N(C)Cc3ccccc3CC(=O)O)c2)c1F. The molecule has 0 aromatic heterocycles. The second-order valence-electron chi connectivity index (χ2n) is 7.24. The number of benzene rings is 3. The molecule has 0 fully saturated rings. The van der Waals surface area contributed by atoms with Crippen LogP contribution in [0.15, 0.2) is 66.7 Å². The lowest BCUT2D eigenvalue weighted by Crippen LogP contribution is -2.18. The van der Waals surface area contributed by atoms with Gasteiger partial charge in [-0.15, -0.1) is 0 Å². The lowest BCUT2D eigenvalue weighted by atomic mass is 9.98. The fourth-order valence-electron chi connectivity index (χ4n) is 3.43. The Kier molecular flexibility index (Phi) is 6.29. The Morgan fingerprint density at radius 3 is 2.45 bits per heavy atom. The molecule has 3 aromatic carbocycles. The summed E-state index contributed by atoms with van der Waals surface area (Å²) >= 11 is 0. The highest BCUT2D eigenvalue weighted by molar-refractivity contribution is 5.71. The number of carboxylic acid groups (broad SMARTS) is 1. The molecular weight excluding hydrogens is 367 g/mol. The average Bonchev–Trinajstić information content (AvgIpc) is 2.69. The molecule has 0 aliphatic rings. The monoisotopic (exact) mass is 392 g/mol. The van der Waals surface area contributed by atoms with Gasteiger partial charge < -0.3 is 15.7 Å². The van der Waals surface area contributed by atoms with Gasteiger partial charge in [0.1, 0.15) is 5.82 Å². The van der Waals surface area contributed by atoms with Gasteiger partial charge in [-0.2, -0.15) is 0 Å². The van der Waals surface area contributed by atoms with E-state index in [1.165, 1.54) is 0 Å². The molecule has 1 atom stereocenters. The number of rotatable bonds is 7. The number of halogens is 1. The standard InChI is InChI=1S/C24H25FN2O2/c1-16(26)21-11-6-12-22(24(21)25)18-9-5-10-20(13-18)27(2)15-19-8-4-3-7-17(19)14-23(28)29/h3-13,16H,14-15,26H2,1-2H3,(H,28,29). The van der Waals surface area contributed by atoms with E-state index in [-0.39, 0.29) is 18.3 Å². The summed E-state index contributed by atoms with van der Waals surface area (Å²) < 4.78 is 14.9. The van der Waals surface area contributed by atoms with Crippen LogP contribution in [0.2, 0.25) is 0 Å². The first-order valence-corrected chi connectivity index (χ1v) is 9.51. The number of nitrogens with two attached hydrogens (primary N) is 1. The average molecular weight is 392 g/mol. The van der Waals surface area contributed by atoms with E-state index >= 15 is 0 Å². The molecule has 0 bridgehead atoms. The quantitative estimate of drug-likeness (QED) is 0.607. The highest BCUT2D eigenvalue weighted by Crippen LogP contribution is 2.30. The topological polar surface area (TPSA) is 66.6 Å². The van der Waals surface area contributed by atoms with Crippen LogP contribution in [0.25, 0.3) is 11.1 Å². The molecule has 0 heterocycles. The Labute approximate surface area is 170 Å². The predicted molar refractivity (Wildman–Crippen MR) is 114 cm³/mol. The van der Waals surface area contributed by atoms with E-state index in [0.29, 0.717) is 17.7 Å². The van der Waals surface area contributed by atoms with Crippen LogP contribution < -0.4 is 10.6 Å². The zero-order chi connectivity index (χ0) is 21.0. The van der Waals surface area contributed by atoms with Crippen molar-refractivity contribution >= 4 is 11.7 Å². The fourth-order valence-corrected chi connectivity index (χ4v) is 3.43. The first-order chi connectivity index (χ1) is 13.9. The maximum atomic E-state index is 14.9. The summed E-state index contributed by atoms with van der Waals surface area (Å²) in [6, 6.07) is 20.1. The van der Waals surface area contributed by atoms with Crippen molar-refractivity contribution in [2.24, 2.45) is 5.73 Å². The summed E-state index contributed by atoms with van der Waals surface area (Å²) in [5, 5.41) is 9.13. The summed E-state index contributed by atoms with van der Waals surface area (Å²) in [5.41, 5.74) is 10.3. The van der Waals surface area contributed by atoms with E-state index in [4.69, 9.17) is 10.8 Å². The summed E-state index contributed by atoms with van der Waals surface area (Å²) in [4.78, 5) is 13.2. The van der Waals surface area contributed by atoms with E-state index in [9.17, 15) is 9.18 Å². The van der Waals surface area contributed by atoms with Gasteiger partial charge in [0.15, 0.2) is 0 Å². The molecule has 3 N–H and O–H groups in total. The highest BCUT2D eigenvalue weighted by Gasteiger charge is 2.14. The Bertz CT molecular complexity index is 1020. The molecule has 3 aromatic rings. The zero-order valence-electron chi connectivity index (χ0n) is 16.6.